The van der Waals surface area contributed by atoms with Crippen LogP contribution < -0.4 is 10.6 Å². The Labute approximate surface area is 77.8 Å². The first-order valence-electron chi connectivity index (χ1n) is 4.05. The highest BCUT2D eigenvalue weighted by molar-refractivity contribution is 5.42. The van der Waals surface area contributed by atoms with E-state index in [4.69, 9.17) is 12.2 Å². The van der Waals surface area contributed by atoms with Gasteiger partial charge in [-0.2, -0.15) is 0 Å². The van der Waals surface area contributed by atoms with E-state index in [0.29, 0.717) is 12.4 Å². The first kappa shape index (κ1) is 9.33. The number of nitrogen functional groups attached to an aromatic ring is 1. The Morgan fingerprint density at radius 3 is 2.77 bits per heavy atom. The second kappa shape index (κ2) is 4.31. The van der Waals surface area contributed by atoms with E-state index in [0.717, 1.165) is 12.4 Å². The van der Waals surface area contributed by atoms with Gasteiger partial charge in [0.15, 0.2) is 5.82 Å². The fourth-order valence-corrected chi connectivity index (χ4v) is 0.969. The molecule has 0 aliphatic heterocycles. The molecule has 0 unspecified atom stereocenters. The molecule has 1 rings (SSSR count). The summed E-state index contributed by atoms with van der Waals surface area (Å²) >= 11 is 0. The Hall–Kier alpha value is -1.76. The summed E-state index contributed by atoms with van der Waals surface area (Å²) in [5.74, 6) is 3.73. The lowest BCUT2D eigenvalue weighted by atomic mass is 10.4. The number of nitrogens with two attached hydrogens (primary N) is 1. The lowest BCUT2D eigenvalue weighted by Gasteiger charge is -2.17. The van der Waals surface area contributed by atoms with Crippen molar-refractivity contribution in [1.29, 1.82) is 0 Å². The number of terminal acetylenes is 1. The molecule has 0 aliphatic rings. The zero-order valence-electron chi connectivity index (χ0n) is 7.57. The quantitative estimate of drug-likeness (QED) is 0.682. The van der Waals surface area contributed by atoms with Crippen molar-refractivity contribution in [2.24, 2.45) is 0 Å². The van der Waals surface area contributed by atoms with Gasteiger partial charge in [-0.1, -0.05) is 5.92 Å². The number of rotatable bonds is 3. The van der Waals surface area contributed by atoms with Crippen molar-refractivity contribution in [3.63, 3.8) is 0 Å². The van der Waals surface area contributed by atoms with Crippen LogP contribution in [0.4, 0.5) is 11.6 Å². The van der Waals surface area contributed by atoms with Gasteiger partial charge < -0.3 is 10.6 Å². The molecule has 0 radical (unpaired) electrons. The summed E-state index contributed by atoms with van der Waals surface area (Å²) in [5, 5.41) is 7.67. The van der Waals surface area contributed by atoms with Crippen LogP contribution in [0.3, 0.4) is 0 Å². The van der Waals surface area contributed by atoms with Gasteiger partial charge in [-0.05, 0) is 19.1 Å². The average molecular weight is 176 g/mol. The smallest absolute Gasteiger partial charge is 0.152 e. The van der Waals surface area contributed by atoms with Crippen molar-refractivity contribution in [2.75, 3.05) is 23.7 Å². The predicted octanol–water partition coefficient (Wildman–Crippen LogP) is 0.518. The fourth-order valence-electron chi connectivity index (χ4n) is 0.969. The molecule has 4 heteroatoms. The highest BCUT2D eigenvalue weighted by Crippen LogP contribution is 2.08. The summed E-state index contributed by atoms with van der Waals surface area (Å²) in [4.78, 5) is 1.94. The van der Waals surface area contributed by atoms with Crippen LogP contribution in [0.2, 0.25) is 0 Å². The van der Waals surface area contributed by atoms with Gasteiger partial charge in [0, 0.05) is 6.54 Å². The molecule has 0 aliphatic carbocycles. The molecule has 0 saturated heterocycles. The number of hydrogen-bond donors (Lipinski definition) is 1. The molecule has 13 heavy (non-hydrogen) atoms. The number of anilines is 2. The molecule has 0 fully saturated rings. The monoisotopic (exact) mass is 176 g/mol. The molecule has 68 valence electrons. The molecule has 0 saturated carbocycles. The molecule has 4 nitrogen and oxygen atoms in total. The van der Waals surface area contributed by atoms with Crippen LogP contribution in [-0.2, 0) is 0 Å². The Balaban J connectivity index is 2.80. The summed E-state index contributed by atoms with van der Waals surface area (Å²) in [5.41, 5.74) is 5.41. The van der Waals surface area contributed by atoms with Crippen LogP contribution in [0.15, 0.2) is 12.1 Å². The lowest BCUT2D eigenvalue weighted by Crippen LogP contribution is -2.24. The lowest BCUT2D eigenvalue weighted by molar-refractivity contribution is 0.865. The van der Waals surface area contributed by atoms with Crippen LogP contribution in [0, 0.1) is 12.3 Å². The minimum absolute atomic E-state index is 0.417. The van der Waals surface area contributed by atoms with Gasteiger partial charge in [0.2, 0.25) is 0 Å². The van der Waals surface area contributed by atoms with E-state index in [-0.39, 0.29) is 0 Å². The van der Waals surface area contributed by atoms with Gasteiger partial charge in [0.1, 0.15) is 5.82 Å². The Morgan fingerprint density at radius 2 is 2.31 bits per heavy atom. The maximum Gasteiger partial charge on any atom is 0.152 e. The van der Waals surface area contributed by atoms with Gasteiger partial charge in [0.05, 0.1) is 6.54 Å². The van der Waals surface area contributed by atoms with Crippen molar-refractivity contribution in [2.45, 2.75) is 6.92 Å². The Kier molecular flexibility index (Phi) is 3.09. The molecular weight excluding hydrogens is 164 g/mol. The second-order valence-corrected chi connectivity index (χ2v) is 2.53. The summed E-state index contributed by atoms with van der Waals surface area (Å²) < 4.78 is 0. The summed E-state index contributed by atoms with van der Waals surface area (Å²) in [6.45, 7) is 3.35. The Bertz CT molecular complexity index is 298. The molecule has 0 bridgehead atoms. The van der Waals surface area contributed by atoms with Crippen molar-refractivity contribution in [3.8, 4) is 12.3 Å². The number of nitrogens with zero attached hydrogens (tertiary/aromatic N) is 3. The SMILES string of the molecule is C#CCN(CC)c1ccc(N)nn1. The minimum atomic E-state index is 0.417. The molecule has 0 amide bonds. The van der Waals surface area contributed by atoms with E-state index in [9.17, 15) is 0 Å². The molecule has 0 spiro atoms. The Morgan fingerprint density at radius 1 is 1.54 bits per heavy atom. The predicted molar refractivity (Wildman–Crippen MR) is 53.2 cm³/mol. The fraction of sp³-hybridized carbons (Fsp3) is 0.333. The maximum atomic E-state index is 5.41. The number of aromatic nitrogens is 2. The second-order valence-electron chi connectivity index (χ2n) is 2.53. The normalized spacial score (nSPS) is 9.23. The van der Waals surface area contributed by atoms with Crippen LogP contribution in [0.25, 0.3) is 0 Å². The van der Waals surface area contributed by atoms with Crippen molar-refractivity contribution < 1.29 is 0 Å². The highest BCUT2D eigenvalue weighted by Gasteiger charge is 2.03. The minimum Gasteiger partial charge on any atom is -0.382 e. The zero-order chi connectivity index (χ0) is 9.68. The summed E-state index contributed by atoms with van der Waals surface area (Å²) in [6, 6.07) is 3.52. The molecule has 2 N–H and O–H groups in total. The van der Waals surface area contributed by atoms with Crippen LogP contribution in [-0.4, -0.2) is 23.3 Å². The van der Waals surface area contributed by atoms with E-state index in [1.165, 1.54) is 0 Å². The molecule has 0 atom stereocenters. The van der Waals surface area contributed by atoms with E-state index in [2.05, 4.69) is 16.1 Å². The van der Waals surface area contributed by atoms with Crippen LogP contribution in [0.5, 0.6) is 0 Å². The highest BCUT2D eigenvalue weighted by atomic mass is 15.3. The van der Waals surface area contributed by atoms with Gasteiger partial charge in [-0.25, -0.2) is 0 Å². The standard InChI is InChI=1S/C9H12N4/c1-3-7-13(4-2)9-6-5-8(10)11-12-9/h1,5-6H,4,7H2,2H3,(H2,10,11). The zero-order valence-corrected chi connectivity index (χ0v) is 7.57. The van der Waals surface area contributed by atoms with E-state index in [1.54, 1.807) is 6.07 Å². The summed E-state index contributed by atoms with van der Waals surface area (Å²) in [6.07, 6.45) is 5.21. The van der Waals surface area contributed by atoms with Crippen molar-refractivity contribution in [1.82, 2.24) is 10.2 Å². The van der Waals surface area contributed by atoms with Crippen molar-refractivity contribution >= 4 is 11.6 Å². The molecule has 1 aromatic heterocycles. The first-order chi connectivity index (χ1) is 6.27. The largest absolute Gasteiger partial charge is 0.382 e. The third kappa shape index (κ3) is 2.34. The molecule has 1 aromatic rings. The molecule has 0 aromatic carbocycles. The molecular formula is C9H12N4. The third-order valence-corrected chi connectivity index (χ3v) is 1.66. The topological polar surface area (TPSA) is 55.0 Å². The average Bonchev–Trinajstić information content (AvgIpc) is 2.16. The first-order valence-corrected chi connectivity index (χ1v) is 4.05. The van der Waals surface area contributed by atoms with Gasteiger partial charge in [-0.15, -0.1) is 16.6 Å². The van der Waals surface area contributed by atoms with Crippen molar-refractivity contribution in [3.05, 3.63) is 12.1 Å². The van der Waals surface area contributed by atoms with E-state index >= 15 is 0 Å². The van der Waals surface area contributed by atoms with Crippen LogP contribution >= 0.6 is 0 Å². The molecule has 1 heterocycles. The third-order valence-electron chi connectivity index (χ3n) is 1.66. The van der Waals surface area contributed by atoms with Gasteiger partial charge in [0.25, 0.3) is 0 Å². The van der Waals surface area contributed by atoms with Crippen LogP contribution in [0.1, 0.15) is 6.92 Å². The summed E-state index contributed by atoms with van der Waals surface area (Å²) in [7, 11) is 0. The van der Waals surface area contributed by atoms with E-state index in [1.807, 2.05) is 17.9 Å². The number of hydrogen-bond acceptors (Lipinski definition) is 4. The maximum absolute atomic E-state index is 5.41. The van der Waals surface area contributed by atoms with Gasteiger partial charge >= 0.3 is 0 Å². The van der Waals surface area contributed by atoms with Gasteiger partial charge in [-0.3, -0.25) is 0 Å². The van der Waals surface area contributed by atoms with E-state index < -0.39 is 0 Å².